The van der Waals surface area contributed by atoms with Gasteiger partial charge >= 0.3 is 5.97 Å². The van der Waals surface area contributed by atoms with Crippen molar-refractivity contribution in [3.05, 3.63) is 59.7 Å². The Labute approximate surface area is 137 Å². The molecular formula is C17H16N4O3. The molecule has 0 radical (unpaired) electrons. The third kappa shape index (κ3) is 3.24. The van der Waals surface area contributed by atoms with Crippen LogP contribution in [0.5, 0.6) is 0 Å². The fourth-order valence-corrected chi connectivity index (χ4v) is 2.59. The van der Waals surface area contributed by atoms with Crippen molar-refractivity contribution in [1.82, 2.24) is 20.3 Å². The molecule has 3 N–H and O–H groups in total. The van der Waals surface area contributed by atoms with E-state index in [0.717, 1.165) is 11.1 Å². The van der Waals surface area contributed by atoms with Crippen LogP contribution in [0.15, 0.2) is 42.9 Å². The minimum atomic E-state index is -0.990. The van der Waals surface area contributed by atoms with E-state index >= 15 is 0 Å². The molecule has 1 atom stereocenters. The van der Waals surface area contributed by atoms with Gasteiger partial charge in [-0.1, -0.05) is 29.8 Å². The maximum atomic E-state index is 12.6. The second-order valence-corrected chi connectivity index (χ2v) is 5.50. The van der Waals surface area contributed by atoms with E-state index in [-0.39, 0.29) is 12.1 Å². The summed E-state index contributed by atoms with van der Waals surface area (Å²) in [4.78, 5) is 34.8. The molecule has 2 aromatic heterocycles. The number of hydrogen-bond donors (Lipinski definition) is 3. The van der Waals surface area contributed by atoms with Crippen LogP contribution < -0.4 is 5.32 Å². The van der Waals surface area contributed by atoms with Gasteiger partial charge < -0.3 is 15.4 Å². The smallest absolute Gasteiger partial charge is 0.305 e. The summed E-state index contributed by atoms with van der Waals surface area (Å²) in [5.74, 6) is -1.42. The Morgan fingerprint density at radius 1 is 1.29 bits per heavy atom. The average Bonchev–Trinajstić information content (AvgIpc) is 3.02. The lowest BCUT2D eigenvalue weighted by Crippen LogP contribution is -2.31. The summed E-state index contributed by atoms with van der Waals surface area (Å²) in [7, 11) is 0. The minimum Gasteiger partial charge on any atom is -0.481 e. The molecular weight excluding hydrogens is 308 g/mol. The first kappa shape index (κ1) is 15.7. The van der Waals surface area contributed by atoms with Crippen LogP contribution in [0.25, 0.3) is 11.0 Å². The number of aromatic amines is 1. The van der Waals surface area contributed by atoms with Gasteiger partial charge in [0.05, 0.1) is 17.8 Å². The number of aliphatic carboxylic acids is 1. The summed E-state index contributed by atoms with van der Waals surface area (Å²) >= 11 is 0. The lowest BCUT2D eigenvalue weighted by molar-refractivity contribution is -0.137. The first-order valence-corrected chi connectivity index (χ1v) is 7.42. The molecule has 2 heterocycles. The molecule has 7 nitrogen and oxygen atoms in total. The van der Waals surface area contributed by atoms with Gasteiger partial charge in [0.2, 0.25) is 0 Å². The van der Waals surface area contributed by atoms with Crippen molar-refractivity contribution in [1.29, 1.82) is 0 Å². The van der Waals surface area contributed by atoms with Crippen molar-refractivity contribution in [3.8, 4) is 0 Å². The number of carboxylic acids is 1. The third-order valence-corrected chi connectivity index (χ3v) is 3.70. The maximum absolute atomic E-state index is 12.6. The molecule has 0 unspecified atom stereocenters. The number of carbonyl (C=O) groups excluding carboxylic acids is 1. The predicted molar refractivity (Wildman–Crippen MR) is 87.5 cm³/mol. The number of nitrogens with zero attached hydrogens (tertiary/aromatic N) is 2. The van der Waals surface area contributed by atoms with Crippen molar-refractivity contribution < 1.29 is 14.7 Å². The summed E-state index contributed by atoms with van der Waals surface area (Å²) in [6, 6.07) is 8.48. The first-order chi connectivity index (χ1) is 11.5. The van der Waals surface area contributed by atoms with Gasteiger partial charge in [-0.15, -0.1) is 0 Å². The van der Waals surface area contributed by atoms with Crippen LogP contribution in [0, 0.1) is 6.92 Å². The van der Waals surface area contributed by atoms with Gasteiger partial charge in [-0.05, 0) is 18.6 Å². The van der Waals surface area contributed by atoms with E-state index in [4.69, 9.17) is 5.11 Å². The standard InChI is InChI=1S/C17H16N4O3/c1-10-3-2-4-11(7-10)13(8-14(22)23)21-17(24)15-12-5-6-18-16(12)20-9-19-15/h2-7,9,13H,8H2,1H3,(H,21,24)(H,22,23)(H,18,19,20)/t13-/m1/s1. The Bertz CT molecular complexity index is 903. The zero-order chi connectivity index (χ0) is 17.1. The SMILES string of the molecule is Cc1cccc([C@@H](CC(=O)O)NC(=O)c2ncnc3[nH]ccc23)c1. The molecule has 0 spiro atoms. The molecule has 0 aliphatic rings. The van der Waals surface area contributed by atoms with Crippen molar-refractivity contribution in [2.75, 3.05) is 0 Å². The minimum absolute atomic E-state index is 0.212. The predicted octanol–water partition coefficient (Wildman–Crippen LogP) is 2.21. The van der Waals surface area contributed by atoms with E-state index in [9.17, 15) is 9.59 Å². The van der Waals surface area contributed by atoms with E-state index in [1.165, 1.54) is 6.33 Å². The summed E-state index contributed by atoms with van der Waals surface area (Å²) in [5.41, 5.74) is 2.50. The highest BCUT2D eigenvalue weighted by Gasteiger charge is 2.21. The van der Waals surface area contributed by atoms with Crippen LogP contribution in [0.4, 0.5) is 0 Å². The lowest BCUT2D eigenvalue weighted by atomic mass is 10.0. The van der Waals surface area contributed by atoms with Gasteiger partial charge in [0.1, 0.15) is 17.7 Å². The molecule has 0 saturated heterocycles. The van der Waals surface area contributed by atoms with Gasteiger partial charge in [-0.25, -0.2) is 9.97 Å². The highest BCUT2D eigenvalue weighted by Crippen LogP contribution is 2.20. The van der Waals surface area contributed by atoms with Gasteiger partial charge in [-0.2, -0.15) is 0 Å². The summed E-state index contributed by atoms with van der Waals surface area (Å²) in [6.07, 6.45) is 2.76. The van der Waals surface area contributed by atoms with E-state index in [2.05, 4.69) is 20.3 Å². The lowest BCUT2D eigenvalue weighted by Gasteiger charge is -2.18. The second kappa shape index (κ2) is 6.49. The van der Waals surface area contributed by atoms with Crippen molar-refractivity contribution in [2.24, 2.45) is 0 Å². The number of benzene rings is 1. The fourth-order valence-electron chi connectivity index (χ4n) is 2.59. The Hall–Kier alpha value is -3.22. The topological polar surface area (TPSA) is 108 Å². The average molecular weight is 324 g/mol. The molecule has 122 valence electrons. The Kier molecular flexibility index (Phi) is 4.24. The molecule has 0 aliphatic heterocycles. The molecule has 0 bridgehead atoms. The normalized spacial score (nSPS) is 12.0. The molecule has 0 fully saturated rings. The number of H-pyrrole nitrogens is 1. The molecule has 0 saturated carbocycles. The Morgan fingerprint density at radius 3 is 2.88 bits per heavy atom. The van der Waals surface area contributed by atoms with Crippen LogP contribution in [0.3, 0.4) is 0 Å². The highest BCUT2D eigenvalue weighted by molar-refractivity contribution is 6.03. The van der Waals surface area contributed by atoms with E-state index in [1.54, 1.807) is 18.3 Å². The number of carbonyl (C=O) groups is 2. The molecule has 1 amide bonds. The van der Waals surface area contributed by atoms with Gasteiger partial charge in [-0.3, -0.25) is 9.59 Å². The summed E-state index contributed by atoms with van der Waals surface area (Å²) in [6.45, 7) is 1.91. The van der Waals surface area contributed by atoms with Gasteiger partial charge in [0.15, 0.2) is 0 Å². The maximum Gasteiger partial charge on any atom is 0.305 e. The summed E-state index contributed by atoms with van der Waals surface area (Å²) in [5, 5.41) is 12.5. The van der Waals surface area contributed by atoms with Gasteiger partial charge in [0, 0.05) is 6.20 Å². The van der Waals surface area contributed by atoms with Crippen molar-refractivity contribution in [3.63, 3.8) is 0 Å². The molecule has 7 heteroatoms. The first-order valence-electron chi connectivity index (χ1n) is 7.42. The number of carboxylic acid groups (broad SMARTS) is 1. The molecule has 1 aromatic carbocycles. The van der Waals surface area contributed by atoms with Crippen LogP contribution in [0.1, 0.15) is 34.1 Å². The highest BCUT2D eigenvalue weighted by atomic mass is 16.4. The Balaban J connectivity index is 1.91. The van der Waals surface area contributed by atoms with Gasteiger partial charge in [0.25, 0.3) is 5.91 Å². The third-order valence-electron chi connectivity index (χ3n) is 3.70. The van der Waals surface area contributed by atoms with Crippen LogP contribution in [0.2, 0.25) is 0 Å². The summed E-state index contributed by atoms with van der Waals surface area (Å²) < 4.78 is 0. The second-order valence-electron chi connectivity index (χ2n) is 5.50. The number of fused-ring (bicyclic) bond motifs is 1. The largest absolute Gasteiger partial charge is 0.481 e. The Morgan fingerprint density at radius 2 is 2.12 bits per heavy atom. The molecule has 0 aliphatic carbocycles. The number of hydrogen-bond acceptors (Lipinski definition) is 4. The molecule has 24 heavy (non-hydrogen) atoms. The van der Waals surface area contributed by atoms with Crippen LogP contribution in [-0.2, 0) is 4.79 Å². The fraction of sp³-hybridized carbons (Fsp3) is 0.176. The number of amides is 1. The quantitative estimate of drug-likeness (QED) is 0.667. The zero-order valence-corrected chi connectivity index (χ0v) is 13.0. The number of aromatic nitrogens is 3. The van der Waals surface area contributed by atoms with Crippen molar-refractivity contribution >= 4 is 22.9 Å². The van der Waals surface area contributed by atoms with Crippen LogP contribution >= 0.6 is 0 Å². The number of rotatable bonds is 5. The van der Waals surface area contributed by atoms with E-state index in [0.29, 0.717) is 11.0 Å². The van der Waals surface area contributed by atoms with E-state index in [1.807, 2.05) is 25.1 Å². The molecule has 3 aromatic rings. The van der Waals surface area contributed by atoms with Crippen molar-refractivity contribution in [2.45, 2.75) is 19.4 Å². The van der Waals surface area contributed by atoms with Crippen LogP contribution in [-0.4, -0.2) is 31.9 Å². The number of aryl methyl sites for hydroxylation is 1. The molecule has 3 rings (SSSR count). The monoisotopic (exact) mass is 324 g/mol. The number of nitrogens with one attached hydrogen (secondary N) is 2. The van der Waals surface area contributed by atoms with E-state index < -0.39 is 17.9 Å². The zero-order valence-electron chi connectivity index (χ0n) is 13.0.